The minimum atomic E-state index is -2.92. The Morgan fingerprint density at radius 2 is 2.07 bits per heavy atom. The fraction of sp³-hybridized carbons (Fsp3) is 0.333. The van der Waals surface area contributed by atoms with Crippen molar-refractivity contribution in [3.63, 3.8) is 0 Å². The van der Waals surface area contributed by atoms with Crippen LogP contribution in [0.15, 0.2) is 41.8 Å². The minimum Gasteiger partial charge on any atom is -0.389 e. The van der Waals surface area contributed by atoms with Gasteiger partial charge in [0.05, 0.1) is 22.0 Å². The van der Waals surface area contributed by atoms with Crippen LogP contribution in [0.3, 0.4) is 0 Å². The van der Waals surface area contributed by atoms with Crippen LogP contribution in [0.4, 0.5) is 8.78 Å². The van der Waals surface area contributed by atoms with Gasteiger partial charge in [0.15, 0.2) is 6.61 Å². The zero-order valence-corrected chi connectivity index (χ0v) is 17.0. The normalized spacial score (nSPS) is 15.4. The van der Waals surface area contributed by atoms with E-state index in [9.17, 15) is 8.78 Å². The van der Waals surface area contributed by atoms with Crippen molar-refractivity contribution in [2.24, 2.45) is 5.16 Å². The second kappa shape index (κ2) is 7.94. The first-order chi connectivity index (χ1) is 13.9. The monoisotopic (exact) mass is 414 g/mol. The molecule has 0 amide bonds. The first-order valence-electron chi connectivity index (χ1n) is 9.36. The summed E-state index contributed by atoms with van der Waals surface area (Å²) in [4.78, 5) is 19.5. The largest absolute Gasteiger partial charge is 0.389 e. The molecule has 0 N–H and O–H groups in total. The molecule has 0 aliphatic heterocycles. The van der Waals surface area contributed by atoms with E-state index < -0.39 is 12.5 Å². The molecule has 0 saturated heterocycles. The zero-order chi connectivity index (χ0) is 20.4. The number of thiazole rings is 1. The van der Waals surface area contributed by atoms with Gasteiger partial charge in [-0.25, -0.2) is 18.7 Å². The van der Waals surface area contributed by atoms with Crippen LogP contribution in [-0.2, 0) is 11.3 Å². The summed E-state index contributed by atoms with van der Waals surface area (Å²) in [6, 6.07) is 7.87. The molecule has 0 unspecified atom stereocenters. The average Bonchev–Trinajstić information content (AvgIpc) is 3.09. The van der Waals surface area contributed by atoms with E-state index in [0.29, 0.717) is 12.1 Å². The Balaban J connectivity index is 1.67. The molecule has 3 aromatic rings. The number of fused-ring (bicyclic) bond motifs is 1. The van der Waals surface area contributed by atoms with Gasteiger partial charge >= 0.3 is 0 Å². The standard InChI is InChI=1S/C21H20F2N4OS/c1-13-19(29-20(25-13)15-6-4-10-24-11-15)17-9-8-14-5-3-7-16(18(14)26-17)27-28-12-21(2,22)23/h4,6,8-11H,3,5,7,12H2,1-2H3. The molecule has 150 valence electrons. The second-order valence-electron chi connectivity index (χ2n) is 7.11. The number of oxime groups is 1. The van der Waals surface area contributed by atoms with E-state index in [4.69, 9.17) is 9.82 Å². The van der Waals surface area contributed by atoms with Crippen LogP contribution in [0, 0.1) is 6.92 Å². The molecule has 3 aromatic heterocycles. The fourth-order valence-electron chi connectivity index (χ4n) is 3.19. The van der Waals surface area contributed by atoms with Crippen molar-refractivity contribution >= 4 is 17.0 Å². The summed E-state index contributed by atoms with van der Waals surface area (Å²) in [5.74, 6) is -2.92. The molecule has 0 bridgehead atoms. The van der Waals surface area contributed by atoms with E-state index in [1.165, 1.54) is 0 Å². The first kappa shape index (κ1) is 19.6. The van der Waals surface area contributed by atoms with Crippen molar-refractivity contribution in [2.45, 2.75) is 39.0 Å². The van der Waals surface area contributed by atoms with E-state index in [2.05, 4.69) is 15.1 Å². The Kier molecular flexibility index (Phi) is 5.36. The SMILES string of the molecule is Cc1nc(-c2cccnc2)sc1-c1ccc2c(n1)C(=NOCC(C)(F)F)CCC2. The van der Waals surface area contributed by atoms with Crippen LogP contribution in [0.1, 0.15) is 36.7 Å². The third-order valence-electron chi connectivity index (χ3n) is 4.54. The second-order valence-corrected chi connectivity index (χ2v) is 8.11. The molecule has 1 aliphatic carbocycles. The quantitative estimate of drug-likeness (QED) is 0.533. The number of alkyl halides is 2. The molecule has 0 radical (unpaired) electrons. The smallest absolute Gasteiger partial charge is 0.281 e. The topological polar surface area (TPSA) is 60.3 Å². The third kappa shape index (κ3) is 4.48. The van der Waals surface area contributed by atoms with Crippen molar-refractivity contribution in [3.05, 3.63) is 53.6 Å². The molecule has 0 spiro atoms. The summed E-state index contributed by atoms with van der Waals surface area (Å²) in [6.45, 7) is 2.02. The van der Waals surface area contributed by atoms with Gasteiger partial charge < -0.3 is 4.84 Å². The highest BCUT2D eigenvalue weighted by Crippen LogP contribution is 2.35. The Morgan fingerprint density at radius 1 is 1.21 bits per heavy atom. The molecule has 3 heterocycles. The summed E-state index contributed by atoms with van der Waals surface area (Å²) < 4.78 is 26.0. The maximum atomic E-state index is 13.0. The highest BCUT2D eigenvalue weighted by Gasteiger charge is 2.24. The van der Waals surface area contributed by atoms with E-state index in [0.717, 1.165) is 57.9 Å². The van der Waals surface area contributed by atoms with E-state index in [-0.39, 0.29) is 0 Å². The highest BCUT2D eigenvalue weighted by molar-refractivity contribution is 7.18. The van der Waals surface area contributed by atoms with Gasteiger partial charge in [-0.1, -0.05) is 11.2 Å². The van der Waals surface area contributed by atoms with Crippen LogP contribution in [0.2, 0.25) is 0 Å². The summed E-state index contributed by atoms with van der Waals surface area (Å²) in [5.41, 5.74) is 5.04. The number of pyridine rings is 2. The van der Waals surface area contributed by atoms with Crippen molar-refractivity contribution in [1.29, 1.82) is 0 Å². The van der Waals surface area contributed by atoms with E-state index >= 15 is 0 Å². The van der Waals surface area contributed by atoms with Crippen LogP contribution in [0.25, 0.3) is 21.1 Å². The molecular weight excluding hydrogens is 394 g/mol. The lowest BCUT2D eigenvalue weighted by atomic mass is 9.94. The van der Waals surface area contributed by atoms with Gasteiger partial charge in [0, 0.05) is 24.9 Å². The number of rotatable bonds is 5. The van der Waals surface area contributed by atoms with Crippen LogP contribution in [0.5, 0.6) is 0 Å². The number of nitrogens with zero attached hydrogens (tertiary/aromatic N) is 4. The van der Waals surface area contributed by atoms with E-state index in [1.807, 2.05) is 31.2 Å². The maximum Gasteiger partial charge on any atom is 0.281 e. The van der Waals surface area contributed by atoms with Gasteiger partial charge in [-0.15, -0.1) is 11.3 Å². The summed E-state index contributed by atoms with van der Waals surface area (Å²) >= 11 is 1.55. The molecule has 5 nitrogen and oxygen atoms in total. The van der Waals surface area contributed by atoms with Crippen molar-refractivity contribution in [1.82, 2.24) is 15.0 Å². The third-order valence-corrected chi connectivity index (χ3v) is 5.77. The predicted molar refractivity (Wildman–Crippen MR) is 109 cm³/mol. The van der Waals surface area contributed by atoms with Crippen LogP contribution >= 0.6 is 11.3 Å². The van der Waals surface area contributed by atoms with Crippen LogP contribution < -0.4 is 0 Å². The number of aryl methyl sites for hydroxylation is 2. The highest BCUT2D eigenvalue weighted by atomic mass is 32.1. The summed E-state index contributed by atoms with van der Waals surface area (Å²) in [7, 11) is 0. The predicted octanol–water partition coefficient (Wildman–Crippen LogP) is 5.29. The number of hydrogen-bond acceptors (Lipinski definition) is 6. The molecular formula is C21H20F2N4OS. The van der Waals surface area contributed by atoms with Crippen molar-refractivity contribution in [3.8, 4) is 21.1 Å². The lowest BCUT2D eigenvalue weighted by molar-refractivity contribution is -0.0614. The Labute approximate surface area is 171 Å². The molecule has 29 heavy (non-hydrogen) atoms. The number of aromatic nitrogens is 3. The Bertz CT molecular complexity index is 1040. The van der Waals surface area contributed by atoms with Gasteiger partial charge in [0.25, 0.3) is 5.92 Å². The van der Waals surface area contributed by atoms with Gasteiger partial charge in [-0.05, 0) is 49.9 Å². The molecule has 8 heteroatoms. The first-order valence-corrected chi connectivity index (χ1v) is 10.2. The fourth-order valence-corrected chi connectivity index (χ4v) is 4.22. The lowest BCUT2D eigenvalue weighted by Gasteiger charge is -2.17. The number of hydrogen-bond donors (Lipinski definition) is 0. The van der Waals surface area contributed by atoms with Gasteiger partial charge in [0.2, 0.25) is 0 Å². The summed E-state index contributed by atoms with van der Waals surface area (Å²) in [6.07, 6.45) is 5.94. The van der Waals surface area contributed by atoms with Gasteiger partial charge in [0.1, 0.15) is 10.7 Å². The Hall–Kier alpha value is -2.74. The average molecular weight is 414 g/mol. The van der Waals surface area contributed by atoms with Crippen molar-refractivity contribution in [2.75, 3.05) is 6.61 Å². The molecule has 1 aliphatic rings. The van der Waals surface area contributed by atoms with E-state index in [1.54, 1.807) is 23.7 Å². The van der Waals surface area contributed by atoms with Crippen molar-refractivity contribution < 1.29 is 13.6 Å². The zero-order valence-electron chi connectivity index (χ0n) is 16.2. The lowest BCUT2D eigenvalue weighted by Crippen LogP contribution is -2.19. The van der Waals surface area contributed by atoms with Gasteiger partial charge in [-0.3, -0.25) is 4.98 Å². The molecule has 0 aromatic carbocycles. The van der Waals surface area contributed by atoms with Gasteiger partial charge in [-0.2, -0.15) is 0 Å². The minimum absolute atomic E-state index is 0.618. The molecule has 4 rings (SSSR count). The molecule has 0 fully saturated rings. The van der Waals surface area contributed by atoms with Crippen LogP contribution in [-0.4, -0.2) is 33.2 Å². The maximum absolute atomic E-state index is 13.0. The number of halogens is 2. The Morgan fingerprint density at radius 3 is 2.83 bits per heavy atom. The molecule has 0 atom stereocenters. The molecule has 0 saturated carbocycles. The summed E-state index contributed by atoms with van der Waals surface area (Å²) in [5, 5.41) is 4.86.